The molecule has 3 aromatic carbocycles. The molecule has 0 spiro atoms. The van der Waals surface area contributed by atoms with Crippen LogP contribution < -0.4 is 10.1 Å². The van der Waals surface area contributed by atoms with Crippen LogP contribution in [0, 0.1) is 17.5 Å². The standard InChI is InChI=1S/C25H18F5N5O2.2H2/c1-35-20-10-13(22(36)31-8-9-37-16-5-3-14(26)4-6-16)2-7-18(20)33-24(35)25(29,30)23-32-19-12-15(27)11-17(28)21(19)34-23;;/h2-7,10-12H,8-9H2,1H3,(H,31,36)(H,32,34);2*1H. The lowest BCUT2D eigenvalue weighted by molar-refractivity contribution is 0.0219. The van der Waals surface area contributed by atoms with Crippen LogP contribution in [0.15, 0.2) is 54.6 Å². The first kappa shape index (κ1) is 24.2. The second-order valence-electron chi connectivity index (χ2n) is 8.20. The molecule has 0 saturated heterocycles. The Morgan fingerprint density at radius 2 is 1.81 bits per heavy atom. The van der Waals surface area contributed by atoms with Gasteiger partial charge in [0.25, 0.3) is 5.91 Å². The first-order chi connectivity index (χ1) is 17.6. The summed E-state index contributed by atoms with van der Waals surface area (Å²) >= 11 is 0. The van der Waals surface area contributed by atoms with E-state index in [9.17, 15) is 18.0 Å². The molecule has 12 heteroatoms. The SMILES string of the molecule is Cn1c(C(F)(F)c2nc3c(F)cc(F)cc3[nH]2)nc2ccc(C(=O)NCCOc3ccc(F)cc3)cc21.[HH].[HH]. The van der Waals surface area contributed by atoms with Gasteiger partial charge in [0.1, 0.15) is 29.5 Å². The lowest BCUT2D eigenvalue weighted by Gasteiger charge is -2.13. The summed E-state index contributed by atoms with van der Waals surface area (Å²) in [5.41, 5.74) is 0.0128. The van der Waals surface area contributed by atoms with E-state index in [2.05, 4.69) is 20.3 Å². The van der Waals surface area contributed by atoms with E-state index in [4.69, 9.17) is 4.74 Å². The number of fused-ring (bicyclic) bond motifs is 2. The molecule has 2 aromatic heterocycles. The second kappa shape index (κ2) is 9.19. The lowest BCUT2D eigenvalue weighted by atomic mass is 10.2. The molecular formula is C25H22F5N5O2. The van der Waals surface area contributed by atoms with E-state index in [1.807, 2.05) is 0 Å². The number of aromatic nitrogens is 4. The summed E-state index contributed by atoms with van der Waals surface area (Å²) in [7, 11) is 1.35. The van der Waals surface area contributed by atoms with Crippen LogP contribution in [0.3, 0.4) is 0 Å². The Hall–Kier alpha value is -4.48. The van der Waals surface area contributed by atoms with Crippen LogP contribution in [0.4, 0.5) is 22.0 Å². The number of nitrogens with one attached hydrogen (secondary N) is 2. The normalized spacial score (nSPS) is 11.8. The molecule has 0 fully saturated rings. The van der Waals surface area contributed by atoms with E-state index in [1.54, 1.807) is 0 Å². The van der Waals surface area contributed by atoms with E-state index < -0.39 is 46.4 Å². The van der Waals surface area contributed by atoms with Crippen molar-refractivity contribution in [2.24, 2.45) is 7.05 Å². The van der Waals surface area contributed by atoms with Gasteiger partial charge in [-0.1, -0.05) is 0 Å². The highest BCUT2D eigenvalue weighted by Gasteiger charge is 2.42. The third kappa shape index (κ3) is 4.57. The largest absolute Gasteiger partial charge is 0.492 e. The number of ether oxygens (including phenoxy) is 1. The van der Waals surface area contributed by atoms with Gasteiger partial charge in [0.2, 0.25) is 0 Å². The molecule has 0 aliphatic heterocycles. The van der Waals surface area contributed by atoms with Crippen molar-refractivity contribution in [3.05, 3.63) is 89.3 Å². The zero-order valence-electron chi connectivity index (χ0n) is 19.2. The van der Waals surface area contributed by atoms with E-state index >= 15 is 8.78 Å². The summed E-state index contributed by atoms with van der Waals surface area (Å²) in [5, 5.41) is 2.66. The number of carbonyl (C=O) groups is 1. The van der Waals surface area contributed by atoms with Gasteiger partial charge >= 0.3 is 5.92 Å². The quantitative estimate of drug-likeness (QED) is 0.226. The molecule has 0 aliphatic carbocycles. The van der Waals surface area contributed by atoms with Gasteiger partial charge in [-0.2, -0.15) is 8.78 Å². The molecule has 5 aromatic rings. The maximum absolute atomic E-state index is 15.4. The number of aromatic amines is 1. The first-order valence-electron chi connectivity index (χ1n) is 11.0. The van der Waals surface area contributed by atoms with Gasteiger partial charge in [0, 0.05) is 21.5 Å². The van der Waals surface area contributed by atoms with Gasteiger partial charge < -0.3 is 19.6 Å². The third-order valence-electron chi connectivity index (χ3n) is 5.70. The lowest BCUT2D eigenvalue weighted by Crippen LogP contribution is -2.28. The van der Waals surface area contributed by atoms with Crippen molar-refractivity contribution >= 4 is 28.0 Å². The molecule has 0 bridgehead atoms. The average Bonchev–Trinajstić information content (AvgIpc) is 3.45. The number of benzene rings is 3. The summed E-state index contributed by atoms with van der Waals surface area (Å²) in [6.45, 7) is 0.274. The summed E-state index contributed by atoms with van der Waals surface area (Å²) in [5.74, 6) is -7.80. The molecule has 0 unspecified atom stereocenters. The molecule has 7 nitrogen and oxygen atoms in total. The van der Waals surface area contributed by atoms with Gasteiger partial charge in [-0.15, -0.1) is 0 Å². The number of halogens is 5. The third-order valence-corrected chi connectivity index (χ3v) is 5.70. The predicted octanol–water partition coefficient (Wildman–Crippen LogP) is 5.31. The second-order valence-corrected chi connectivity index (χ2v) is 8.20. The zero-order chi connectivity index (χ0) is 26.3. The number of alkyl halides is 2. The number of hydrogen-bond acceptors (Lipinski definition) is 4. The van der Waals surface area contributed by atoms with E-state index in [-0.39, 0.29) is 38.1 Å². The number of nitrogens with zero attached hydrogens (tertiary/aromatic N) is 3. The summed E-state index contributed by atoms with van der Waals surface area (Å²) in [6, 6.07) is 11.1. The van der Waals surface area contributed by atoms with Crippen molar-refractivity contribution in [1.29, 1.82) is 0 Å². The Labute approximate surface area is 208 Å². The summed E-state index contributed by atoms with van der Waals surface area (Å²) < 4.78 is 77.7. The van der Waals surface area contributed by atoms with Crippen LogP contribution in [-0.4, -0.2) is 38.6 Å². The van der Waals surface area contributed by atoms with Gasteiger partial charge in [0.15, 0.2) is 17.5 Å². The molecule has 1 amide bonds. The minimum atomic E-state index is -3.78. The van der Waals surface area contributed by atoms with Crippen LogP contribution in [0.5, 0.6) is 5.75 Å². The van der Waals surface area contributed by atoms with Crippen molar-refractivity contribution in [3.8, 4) is 5.75 Å². The maximum Gasteiger partial charge on any atom is 0.361 e. The molecule has 0 saturated carbocycles. The smallest absolute Gasteiger partial charge is 0.361 e. The minimum absolute atomic E-state index is 0. The highest BCUT2D eigenvalue weighted by Crippen LogP contribution is 2.36. The number of carbonyl (C=O) groups excluding carboxylic acids is 1. The summed E-state index contributed by atoms with van der Waals surface area (Å²) in [4.78, 5) is 22.5. The van der Waals surface area contributed by atoms with Crippen molar-refractivity contribution in [3.63, 3.8) is 0 Å². The van der Waals surface area contributed by atoms with Crippen molar-refractivity contribution < 1.29 is 34.3 Å². The van der Waals surface area contributed by atoms with Gasteiger partial charge in [0.05, 0.1) is 23.1 Å². The average molecular weight is 519 g/mol. The number of imidazole rings is 2. The molecule has 2 heterocycles. The van der Waals surface area contributed by atoms with Crippen molar-refractivity contribution in [1.82, 2.24) is 24.8 Å². The van der Waals surface area contributed by atoms with Crippen LogP contribution in [-0.2, 0) is 13.0 Å². The monoisotopic (exact) mass is 519 g/mol. The topological polar surface area (TPSA) is 84.8 Å². The molecule has 0 radical (unpaired) electrons. The number of H-pyrrole nitrogens is 1. The van der Waals surface area contributed by atoms with Crippen LogP contribution in [0.1, 0.15) is 24.9 Å². The fraction of sp³-hybridized carbons (Fsp3) is 0.160. The van der Waals surface area contributed by atoms with Gasteiger partial charge in [-0.25, -0.2) is 23.1 Å². The van der Waals surface area contributed by atoms with E-state index in [0.29, 0.717) is 11.8 Å². The number of hydrogen-bond donors (Lipinski definition) is 2. The predicted molar refractivity (Wildman–Crippen MR) is 128 cm³/mol. The molecule has 2 N–H and O–H groups in total. The van der Waals surface area contributed by atoms with E-state index in [0.717, 1.165) is 10.6 Å². The zero-order valence-corrected chi connectivity index (χ0v) is 19.2. The molecular weight excluding hydrogens is 497 g/mol. The Morgan fingerprint density at radius 3 is 2.57 bits per heavy atom. The number of rotatable bonds is 7. The highest BCUT2D eigenvalue weighted by atomic mass is 19.3. The molecule has 0 atom stereocenters. The Balaban J connectivity index is 0.00000210. The van der Waals surface area contributed by atoms with Gasteiger partial charge in [-0.05, 0) is 48.5 Å². The fourth-order valence-electron chi connectivity index (χ4n) is 3.88. The Kier molecular flexibility index (Phi) is 6.02. The molecule has 5 rings (SSSR count). The highest BCUT2D eigenvalue weighted by molar-refractivity contribution is 5.97. The molecule has 0 aliphatic rings. The molecule has 37 heavy (non-hydrogen) atoms. The minimum Gasteiger partial charge on any atom is -0.492 e. The van der Waals surface area contributed by atoms with Crippen molar-refractivity contribution in [2.45, 2.75) is 5.92 Å². The Morgan fingerprint density at radius 1 is 1.05 bits per heavy atom. The summed E-state index contributed by atoms with van der Waals surface area (Å²) in [6.07, 6.45) is 0. The van der Waals surface area contributed by atoms with Crippen LogP contribution in [0.2, 0.25) is 0 Å². The van der Waals surface area contributed by atoms with Crippen molar-refractivity contribution in [2.75, 3.05) is 13.2 Å². The molecule has 194 valence electrons. The first-order valence-corrected chi connectivity index (χ1v) is 11.0. The Bertz CT molecular complexity index is 1640. The van der Waals surface area contributed by atoms with Crippen LogP contribution >= 0.6 is 0 Å². The van der Waals surface area contributed by atoms with Gasteiger partial charge in [-0.3, -0.25) is 4.79 Å². The van der Waals surface area contributed by atoms with E-state index in [1.165, 1.54) is 49.5 Å². The number of aryl methyl sites for hydroxylation is 1. The number of amides is 1. The maximum atomic E-state index is 15.4. The van der Waals surface area contributed by atoms with Crippen LogP contribution in [0.25, 0.3) is 22.1 Å². The fourth-order valence-corrected chi connectivity index (χ4v) is 3.88.